The summed E-state index contributed by atoms with van der Waals surface area (Å²) in [6.07, 6.45) is 6.28. The van der Waals surface area contributed by atoms with E-state index in [1.165, 1.54) is 19.3 Å². The maximum absolute atomic E-state index is 5.28. The van der Waals surface area contributed by atoms with Crippen molar-refractivity contribution in [3.63, 3.8) is 0 Å². The zero-order chi connectivity index (χ0) is 9.52. The van der Waals surface area contributed by atoms with Gasteiger partial charge in [-0.1, -0.05) is 0 Å². The summed E-state index contributed by atoms with van der Waals surface area (Å²) >= 11 is 2.01. The molecule has 1 aliphatic carbocycles. The van der Waals surface area contributed by atoms with Gasteiger partial charge in [0.1, 0.15) is 0 Å². The average molecular weight is 203 g/mol. The van der Waals surface area contributed by atoms with Crippen LogP contribution in [-0.4, -0.2) is 37.3 Å². The number of hydrogen-bond acceptors (Lipinski definition) is 3. The minimum atomic E-state index is 0.748. The van der Waals surface area contributed by atoms with E-state index in [4.69, 9.17) is 4.74 Å². The summed E-state index contributed by atoms with van der Waals surface area (Å²) in [7, 11) is 0. The van der Waals surface area contributed by atoms with E-state index in [1.54, 1.807) is 0 Å². The average Bonchev–Trinajstić information content (AvgIpc) is 2.60. The molecule has 0 amide bonds. The molecule has 0 aromatic carbocycles. The lowest BCUT2D eigenvalue weighted by molar-refractivity contribution is 0.147. The number of thioether (sulfide) groups is 1. The lowest BCUT2D eigenvalue weighted by Crippen LogP contribution is -2.30. The molecule has 0 spiro atoms. The molecular formula is C10H21NOS. The Morgan fingerprint density at radius 2 is 2.31 bits per heavy atom. The molecule has 1 N–H and O–H groups in total. The predicted octanol–water partition coefficient (Wildman–Crippen LogP) is 1.90. The molecule has 1 saturated carbocycles. The molecule has 0 saturated heterocycles. The van der Waals surface area contributed by atoms with Gasteiger partial charge in [-0.25, -0.2) is 0 Å². The van der Waals surface area contributed by atoms with E-state index >= 15 is 0 Å². The van der Waals surface area contributed by atoms with Crippen LogP contribution in [0.3, 0.4) is 0 Å². The van der Waals surface area contributed by atoms with Gasteiger partial charge >= 0.3 is 0 Å². The maximum atomic E-state index is 5.28. The van der Waals surface area contributed by atoms with Gasteiger partial charge in [0.25, 0.3) is 0 Å². The van der Waals surface area contributed by atoms with Crippen LogP contribution >= 0.6 is 11.8 Å². The van der Waals surface area contributed by atoms with Crippen LogP contribution in [0.4, 0.5) is 0 Å². The van der Waals surface area contributed by atoms with Crippen molar-refractivity contribution < 1.29 is 4.74 Å². The summed E-state index contributed by atoms with van der Waals surface area (Å²) < 4.78 is 5.28. The zero-order valence-corrected chi connectivity index (χ0v) is 9.53. The largest absolute Gasteiger partial charge is 0.380 e. The fraction of sp³-hybridized carbons (Fsp3) is 1.00. The van der Waals surface area contributed by atoms with Gasteiger partial charge in [0, 0.05) is 24.4 Å². The molecular weight excluding hydrogens is 182 g/mol. The van der Waals surface area contributed by atoms with Crippen LogP contribution in [0.5, 0.6) is 0 Å². The molecule has 1 aliphatic rings. The van der Waals surface area contributed by atoms with E-state index in [-0.39, 0.29) is 0 Å². The first kappa shape index (κ1) is 11.3. The third-order valence-electron chi connectivity index (χ3n) is 2.60. The molecule has 78 valence electrons. The first-order valence-electron chi connectivity index (χ1n) is 5.20. The van der Waals surface area contributed by atoms with E-state index in [2.05, 4.69) is 11.6 Å². The molecule has 0 bridgehead atoms. The van der Waals surface area contributed by atoms with E-state index in [9.17, 15) is 0 Å². The van der Waals surface area contributed by atoms with Gasteiger partial charge in [0.15, 0.2) is 0 Å². The third kappa shape index (κ3) is 4.34. The van der Waals surface area contributed by atoms with Gasteiger partial charge in [-0.2, -0.15) is 11.8 Å². The molecule has 0 aliphatic heterocycles. The minimum absolute atomic E-state index is 0.748. The molecule has 13 heavy (non-hydrogen) atoms. The molecule has 0 aromatic heterocycles. The standard InChI is InChI=1S/C10H21NOS/c1-3-12-7-6-11-9-4-5-10(8-9)13-2/h9-11H,3-8H2,1-2H3. The SMILES string of the molecule is CCOCCNC1CCC(SC)C1. The topological polar surface area (TPSA) is 21.3 Å². The molecule has 2 atom stereocenters. The van der Waals surface area contributed by atoms with Crippen LogP contribution in [0, 0.1) is 0 Å². The highest BCUT2D eigenvalue weighted by atomic mass is 32.2. The van der Waals surface area contributed by atoms with Crippen LogP contribution in [0.2, 0.25) is 0 Å². The quantitative estimate of drug-likeness (QED) is 0.666. The van der Waals surface area contributed by atoms with Crippen molar-refractivity contribution in [1.29, 1.82) is 0 Å². The Bertz CT molecular complexity index is 132. The van der Waals surface area contributed by atoms with Gasteiger partial charge < -0.3 is 10.1 Å². The second-order valence-corrected chi connectivity index (χ2v) is 4.66. The highest BCUT2D eigenvalue weighted by Crippen LogP contribution is 2.27. The highest BCUT2D eigenvalue weighted by Gasteiger charge is 2.22. The van der Waals surface area contributed by atoms with Crippen LogP contribution in [-0.2, 0) is 4.74 Å². The number of nitrogens with one attached hydrogen (secondary N) is 1. The van der Waals surface area contributed by atoms with Crippen molar-refractivity contribution in [2.75, 3.05) is 26.0 Å². The van der Waals surface area contributed by atoms with Crippen molar-refractivity contribution in [3.05, 3.63) is 0 Å². The molecule has 1 rings (SSSR count). The molecule has 0 heterocycles. The fourth-order valence-corrected chi connectivity index (χ4v) is 2.62. The normalized spacial score (nSPS) is 28.2. The predicted molar refractivity (Wildman–Crippen MR) is 59.4 cm³/mol. The summed E-state index contributed by atoms with van der Waals surface area (Å²) in [5.41, 5.74) is 0. The van der Waals surface area contributed by atoms with Gasteiger partial charge in [0.2, 0.25) is 0 Å². The first-order valence-corrected chi connectivity index (χ1v) is 6.49. The Labute approximate surface area is 85.8 Å². The van der Waals surface area contributed by atoms with Crippen molar-refractivity contribution in [2.24, 2.45) is 0 Å². The van der Waals surface area contributed by atoms with Crippen LogP contribution < -0.4 is 5.32 Å². The molecule has 2 unspecified atom stereocenters. The Hall–Kier alpha value is 0.270. The van der Waals surface area contributed by atoms with Gasteiger partial charge in [-0.05, 0) is 32.4 Å². The van der Waals surface area contributed by atoms with Crippen molar-refractivity contribution in [2.45, 2.75) is 37.5 Å². The van der Waals surface area contributed by atoms with E-state index in [1.807, 2.05) is 18.7 Å². The summed E-state index contributed by atoms with van der Waals surface area (Å²) in [6, 6.07) is 0.748. The lowest BCUT2D eigenvalue weighted by atomic mass is 10.2. The van der Waals surface area contributed by atoms with E-state index in [0.717, 1.165) is 31.1 Å². The van der Waals surface area contributed by atoms with Gasteiger partial charge in [-0.3, -0.25) is 0 Å². The number of ether oxygens (including phenoxy) is 1. The smallest absolute Gasteiger partial charge is 0.0590 e. The highest BCUT2D eigenvalue weighted by molar-refractivity contribution is 7.99. The van der Waals surface area contributed by atoms with Gasteiger partial charge in [0.05, 0.1) is 6.61 Å². The number of hydrogen-bond donors (Lipinski definition) is 1. The minimum Gasteiger partial charge on any atom is -0.380 e. The third-order valence-corrected chi connectivity index (χ3v) is 3.70. The lowest BCUT2D eigenvalue weighted by Gasteiger charge is -2.12. The Morgan fingerprint density at radius 1 is 1.46 bits per heavy atom. The fourth-order valence-electron chi connectivity index (χ4n) is 1.82. The first-order chi connectivity index (χ1) is 6.36. The van der Waals surface area contributed by atoms with Crippen LogP contribution in [0.15, 0.2) is 0 Å². The molecule has 1 fully saturated rings. The molecule has 0 aromatic rings. The molecule has 3 heteroatoms. The molecule has 2 nitrogen and oxygen atoms in total. The zero-order valence-electron chi connectivity index (χ0n) is 8.71. The summed E-state index contributed by atoms with van der Waals surface area (Å²) in [6.45, 7) is 4.75. The van der Waals surface area contributed by atoms with E-state index in [0.29, 0.717) is 0 Å². The summed E-state index contributed by atoms with van der Waals surface area (Å²) in [5, 5.41) is 4.44. The monoisotopic (exact) mass is 203 g/mol. The Kier molecular flexibility index (Phi) is 5.83. The maximum Gasteiger partial charge on any atom is 0.0590 e. The van der Waals surface area contributed by atoms with Crippen molar-refractivity contribution >= 4 is 11.8 Å². The van der Waals surface area contributed by atoms with Crippen molar-refractivity contribution in [3.8, 4) is 0 Å². The van der Waals surface area contributed by atoms with Crippen LogP contribution in [0.25, 0.3) is 0 Å². The molecule has 0 radical (unpaired) electrons. The van der Waals surface area contributed by atoms with Crippen LogP contribution in [0.1, 0.15) is 26.2 Å². The second kappa shape index (κ2) is 6.68. The summed E-state index contributed by atoms with van der Waals surface area (Å²) in [5.74, 6) is 0. The summed E-state index contributed by atoms with van der Waals surface area (Å²) in [4.78, 5) is 0. The Morgan fingerprint density at radius 3 is 2.92 bits per heavy atom. The Balaban J connectivity index is 1.97. The van der Waals surface area contributed by atoms with Crippen molar-refractivity contribution in [1.82, 2.24) is 5.32 Å². The number of rotatable bonds is 6. The van der Waals surface area contributed by atoms with Gasteiger partial charge in [-0.15, -0.1) is 0 Å². The van der Waals surface area contributed by atoms with E-state index < -0.39 is 0 Å². The second-order valence-electron chi connectivity index (χ2n) is 3.52.